The molecular formula is C68H125N3O28. The molecule has 3 heterocycles. The highest BCUT2D eigenvalue weighted by Gasteiger charge is 2.61. The number of aliphatic hydroxyl groups is 15. The molecule has 0 saturated carbocycles. The van der Waals surface area contributed by atoms with Crippen LogP contribution in [0.3, 0.4) is 0 Å². The normalized spacial score (nSPS) is 28.2. The molecule has 3 aliphatic rings. The Labute approximate surface area is 582 Å². The molecule has 0 aromatic heterocycles. The number of ether oxygens (including phenoxy) is 6. The third-order valence-corrected chi connectivity index (χ3v) is 19.1. The first-order valence-corrected chi connectivity index (χ1v) is 36.5. The number of hydrogen-bond donors (Lipinski definition) is 20. The fraction of sp³-hybridized carbons (Fsp3) is 0.926. The van der Waals surface area contributed by atoms with Crippen LogP contribution < -0.4 is 16.0 Å². The number of amides is 3. The molecule has 20 N–H and O–H groups in total. The van der Waals surface area contributed by atoms with Gasteiger partial charge in [0, 0.05) is 12.8 Å². The average molecular weight is 1430 g/mol. The summed E-state index contributed by atoms with van der Waals surface area (Å²) in [5.74, 6) is -14.2. The smallest absolute Gasteiger partial charge is 0.364 e. The Bertz CT molecular complexity index is 2220. The zero-order valence-corrected chi connectivity index (χ0v) is 58.3. The first-order chi connectivity index (χ1) is 47.3. The van der Waals surface area contributed by atoms with E-state index in [0.717, 1.165) is 64.2 Å². The quantitative estimate of drug-likeness (QED) is 0.0361. The first kappa shape index (κ1) is 89.7. The van der Waals surface area contributed by atoms with Crippen LogP contribution in [-0.2, 0) is 52.4 Å². The summed E-state index contributed by atoms with van der Waals surface area (Å²) in [6.45, 7) is -2.68. The minimum absolute atomic E-state index is 0.0746. The summed E-state index contributed by atoms with van der Waals surface area (Å²) in [4.78, 5) is 65.0. The monoisotopic (exact) mass is 1430 g/mol. The number of rotatable bonds is 56. The molecule has 3 aliphatic heterocycles. The Kier molecular flexibility index (Phi) is 44.7. The van der Waals surface area contributed by atoms with Crippen molar-refractivity contribution >= 4 is 29.7 Å². The van der Waals surface area contributed by atoms with Gasteiger partial charge < -0.3 is 131 Å². The van der Waals surface area contributed by atoms with Crippen molar-refractivity contribution in [2.24, 2.45) is 0 Å². The van der Waals surface area contributed by atoms with Gasteiger partial charge in [0.2, 0.25) is 17.7 Å². The number of aliphatic carboxylic acids is 2. The molecular weight excluding hydrogens is 1310 g/mol. The molecule has 3 fully saturated rings. The maximum Gasteiger partial charge on any atom is 0.364 e. The largest absolute Gasteiger partial charge is 0.477 e. The average Bonchev–Trinajstić information content (AvgIpc) is 0.760. The van der Waals surface area contributed by atoms with Crippen LogP contribution in [0.5, 0.6) is 0 Å². The van der Waals surface area contributed by atoms with Crippen molar-refractivity contribution in [3.05, 3.63) is 0 Å². The van der Waals surface area contributed by atoms with Gasteiger partial charge in [0.1, 0.15) is 86.5 Å². The molecule has 0 spiro atoms. The Balaban J connectivity index is 1.78. The highest BCUT2D eigenvalue weighted by atomic mass is 16.8. The van der Waals surface area contributed by atoms with E-state index in [4.69, 9.17) is 28.4 Å². The molecule has 3 rings (SSSR count). The van der Waals surface area contributed by atoms with Gasteiger partial charge in [-0.15, -0.1) is 0 Å². The Hall–Kier alpha value is -3.49. The minimum atomic E-state index is -3.31. The van der Waals surface area contributed by atoms with Crippen molar-refractivity contribution in [3.8, 4) is 0 Å². The van der Waals surface area contributed by atoms with Gasteiger partial charge >= 0.3 is 11.9 Å². The van der Waals surface area contributed by atoms with Crippen molar-refractivity contribution in [1.82, 2.24) is 16.0 Å². The second-order valence-corrected chi connectivity index (χ2v) is 27.2. The van der Waals surface area contributed by atoms with Crippen LogP contribution in [0.2, 0.25) is 0 Å². The molecule has 580 valence electrons. The SMILES string of the molecule is CCCCCCCCCCCCCCCCCCCC[C@@H](O)C(=O)N[C@@H](CO[C@@H]1O[C@H](CO[C@]2(C(=O)O)C[C@H](O)[C@@H](NC(=O)CO)[C@H]([C@H](O)[C@@H](CO)O[C@]3(C(=O)O)C[C@H](O)[C@@H](NC(=O)CO)[C@H]([C@H](O)[C@H](O)CO)O3)O2)[C@@H](O)[C@H](O)[C@H]1O)[C@H](O)[C@H](O)CCCCCCCCCCCCCC. The summed E-state index contributed by atoms with van der Waals surface area (Å²) in [5.41, 5.74) is 0. The van der Waals surface area contributed by atoms with Crippen molar-refractivity contribution in [3.63, 3.8) is 0 Å². The highest BCUT2D eigenvalue weighted by Crippen LogP contribution is 2.39. The Morgan fingerprint density at radius 2 is 0.899 bits per heavy atom. The fourth-order valence-electron chi connectivity index (χ4n) is 13.0. The predicted octanol–water partition coefficient (Wildman–Crippen LogP) is 0.186. The van der Waals surface area contributed by atoms with Crippen LogP contribution in [0.1, 0.15) is 232 Å². The highest BCUT2D eigenvalue weighted by molar-refractivity contribution is 5.81. The molecule has 0 aromatic rings. The van der Waals surface area contributed by atoms with Crippen LogP contribution in [0, 0.1) is 0 Å². The van der Waals surface area contributed by atoms with Crippen LogP contribution >= 0.6 is 0 Å². The topological polar surface area (TPSA) is 521 Å². The molecule has 0 aromatic carbocycles. The molecule has 31 nitrogen and oxygen atoms in total. The lowest BCUT2D eigenvalue weighted by Gasteiger charge is -2.50. The van der Waals surface area contributed by atoms with E-state index in [2.05, 4.69) is 29.8 Å². The maximum absolute atomic E-state index is 13.6. The number of nitrogens with one attached hydrogen (secondary N) is 3. The second-order valence-electron chi connectivity index (χ2n) is 27.2. The van der Waals surface area contributed by atoms with E-state index < -0.39 is 210 Å². The predicted molar refractivity (Wildman–Crippen MR) is 354 cm³/mol. The molecule has 99 heavy (non-hydrogen) atoms. The number of aliphatic hydroxyl groups excluding tert-OH is 15. The zero-order valence-electron chi connectivity index (χ0n) is 58.3. The molecule has 3 amide bonds. The van der Waals surface area contributed by atoms with Crippen molar-refractivity contribution in [2.45, 2.75) is 360 Å². The molecule has 0 aliphatic carbocycles. The second kappa shape index (κ2) is 49.3. The summed E-state index contributed by atoms with van der Waals surface area (Å²) < 4.78 is 34.3. The molecule has 21 atom stereocenters. The van der Waals surface area contributed by atoms with Gasteiger partial charge in [-0.3, -0.25) is 14.4 Å². The van der Waals surface area contributed by atoms with Crippen LogP contribution in [0.4, 0.5) is 0 Å². The van der Waals surface area contributed by atoms with Crippen molar-refractivity contribution < 1.29 is 139 Å². The van der Waals surface area contributed by atoms with Crippen LogP contribution in [0.25, 0.3) is 0 Å². The molecule has 3 saturated heterocycles. The summed E-state index contributed by atoms with van der Waals surface area (Å²) in [6, 6.07) is -5.35. The third-order valence-electron chi connectivity index (χ3n) is 19.1. The maximum atomic E-state index is 13.6. The molecule has 0 bridgehead atoms. The lowest BCUT2D eigenvalue weighted by molar-refractivity contribution is -0.352. The number of carbonyl (C=O) groups is 5. The van der Waals surface area contributed by atoms with E-state index in [-0.39, 0.29) is 12.8 Å². The van der Waals surface area contributed by atoms with Gasteiger partial charge in [0.25, 0.3) is 11.6 Å². The van der Waals surface area contributed by atoms with Crippen LogP contribution in [-0.4, -0.2) is 284 Å². The zero-order chi connectivity index (χ0) is 73.5. The summed E-state index contributed by atoms with van der Waals surface area (Å²) in [6.07, 6.45) is -2.42. The number of carboxylic acids is 2. The van der Waals surface area contributed by atoms with Gasteiger partial charge in [-0.1, -0.05) is 206 Å². The van der Waals surface area contributed by atoms with E-state index in [9.17, 15) is 111 Å². The Morgan fingerprint density at radius 1 is 0.495 bits per heavy atom. The van der Waals surface area contributed by atoms with Crippen molar-refractivity contribution in [2.75, 3.05) is 39.6 Å². The van der Waals surface area contributed by atoms with Gasteiger partial charge in [-0.05, 0) is 12.8 Å². The Morgan fingerprint density at radius 3 is 1.31 bits per heavy atom. The van der Waals surface area contributed by atoms with Gasteiger partial charge in [-0.25, -0.2) is 9.59 Å². The van der Waals surface area contributed by atoms with Gasteiger partial charge in [-0.2, -0.15) is 0 Å². The third kappa shape index (κ3) is 30.6. The van der Waals surface area contributed by atoms with Gasteiger partial charge in [0.05, 0.1) is 62.9 Å². The fourth-order valence-corrected chi connectivity index (χ4v) is 13.0. The standard InChI is InChI=1S/C68H125N3O28/c1-3-5-7-9-11-13-15-17-18-19-20-21-22-24-26-28-30-32-34-45(77)63(89)69-43(55(83)44(76)33-31-29-27-25-23-16-14-12-10-8-6-4-2)41-94-64-60(88)59(87)57(85)50(96-64)42-95-67(65(90)91)35-46(78)54(71-52(82)40-75)62(98-67)58(86)49(38-73)97-68(66(92)93)36-47(79)53(70-51(81)39-74)61(99-68)56(84)48(80)37-72/h43-50,53-62,64,72-80,83-88H,3-42H2,1-2H3,(H,69,89)(H,70,81)(H,71,82)(H,90,91)(H,92,93)/t43-,44+,45+,46-,47-,48+,49+,50+,53+,54+,55-,56+,57+,58+,59-,60+,61+,62+,64+,67+,68+/m0/s1. The molecule has 0 unspecified atom stereocenters. The lowest BCUT2D eigenvalue weighted by atomic mass is 9.87. The first-order valence-electron chi connectivity index (χ1n) is 36.5. The number of carbonyl (C=O) groups excluding carboxylic acids is 3. The minimum Gasteiger partial charge on any atom is -0.477 e. The van der Waals surface area contributed by atoms with Crippen LogP contribution in [0.15, 0.2) is 0 Å². The number of unbranched alkanes of at least 4 members (excludes halogenated alkanes) is 28. The van der Waals surface area contributed by atoms with E-state index >= 15 is 0 Å². The van der Waals surface area contributed by atoms with E-state index in [1.165, 1.54) is 116 Å². The van der Waals surface area contributed by atoms with Crippen molar-refractivity contribution in [1.29, 1.82) is 0 Å². The summed E-state index contributed by atoms with van der Waals surface area (Å²) in [7, 11) is 0. The number of carboxylic acid groups (broad SMARTS) is 2. The summed E-state index contributed by atoms with van der Waals surface area (Å²) in [5, 5.41) is 191. The lowest BCUT2D eigenvalue weighted by Crippen LogP contribution is -2.71. The van der Waals surface area contributed by atoms with E-state index in [1.807, 2.05) is 0 Å². The molecule has 0 radical (unpaired) electrons. The summed E-state index contributed by atoms with van der Waals surface area (Å²) >= 11 is 0. The molecule has 31 heteroatoms. The van der Waals surface area contributed by atoms with E-state index in [0.29, 0.717) is 12.8 Å². The number of hydrogen-bond acceptors (Lipinski definition) is 26. The van der Waals surface area contributed by atoms with E-state index in [1.54, 1.807) is 0 Å². The van der Waals surface area contributed by atoms with Gasteiger partial charge in [0.15, 0.2) is 6.29 Å².